The fraction of sp³-hybridized carbons (Fsp3) is 0.346. The van der Waals surface area contributed by atoms with E-state index < -0.39 is 6.10 Å². The van der Waals surface area contributed by atoms with E-state index in [1.54, 1.807) is 37.4 Å². The largest absolute Gasteiger partial charge is 0.494 e. The van der Waals surface area contributed by atoms with Gasteiger partial charge >= 0.3 is 0 Å². The Kier molecular flexibility index (Phi) is 7.85. The highest BCUT2D eigenvalue weighted by Gasteiger charge is 2.33. The summed E-state index contributed by atoms with van der Waals surface area (Å²) in [5, 5.41) is 15.5. The molecule has 2 unspecified atom stereocenters. The van der Waals surface area contributed by atoms with E-state index in [1.165, 1.54) is 0 Å². The summed E-state index contributed by atoms with van der Waals surface area (Å²) in [6.07, 6.45) is 5.31. The lowest BCUT2D eigenvalue weighted by Gasteiger charge is -2.35. The number of hydrogen-bond acceptors (Lipinski definition) is 9. The lowest BCUT2D eigenvalue weighted by molar-refractivity contribution is -0.0847. The fourth-order valence-electron chi connectivity index (χ4n) is 4.47. The number of methoxy groups -OCH3 is 1. The number of nitrogens with zero attached hydrogens (tertiary/aromatic N) is 6. The minimum atomic E-state index is -1.35. The first-order valence-corrected chi connectivity index (χ1v) is 13.2. The first-order chi connectivity index (χ1) is 18.8. The van der Waals surface area contributed by atoms with Gasteiger partial charge in [0.25, 0.3) is 0 Å². The maximum atomic E-state index is 13.0. The zero-order valence-electron chi connectivity index (χ0n) is 21.8. The average Bonchev–Trinajstić information content (AvgIpc) is 3.54. The molecule has 204 valence electrons. The molecular weight excluding hydrogens is 522 g/mol. The number of alkyl halides is 1. The number of rotatable bonds is 11. The molecule has 39 heavy (non-hydrogen) atoms. The second-order valence-corrected chi connectivity index (χ2v) is 9.71. The van der Waals surface area contributed by atoms with Crippen LogP contribution in [0.1, 0.15) is 42.6 Å². The molecule has 0 radical (unpaired) electrons. The Hall–Kier alpha value is -3.89. The Morgan fingerprint density at radius 3 is 2.69 bits per heavy atom. The van der Waals surface area contributed by atoms with E-state index in [2.05, 4.69) is 30.8 Å². The number of aromatic nitrogens is 6. The Balaban J connectivity index is 1.38. The van der Waals surface area contributed by atoms with Crippen molar-refractivity contribution >= 4 is 38.0 Å². The molecule has 0 saturated heterocycles. The van der Waals surface area contributed by atoms with Crippen LogP contribution in [0.5, 0.6) is 5.75 Å². The van der Waals surface area contributed by atoms with Crippen molar-refractivity contribution in [3.63, 3.8) is 0 Å². The number of benzene rings is 1. The number of carbonyl (C=O) groups excluding carboxylic acids is 1. The lowest BCUT2D eigenvalue weighted by Crippen LogP contribution is -2.34. The van der Waals surface area contributed by atoms with Crippen molar-refractivity contribution in [3.05, 3.63) is 54.6 Å². The molecule has 1 saturated carbocycles. The molecule has 1 aliphatic rings. The van der Waals surface area contributed by atoms with Gasteiger partial charge in [-0.1, -0.05) is 22.2 Å². The van der Waals surface area contributed by atoms with Crippen LogP contribution in [0, 0.1) is 0 Å². The summed E-state index contributed by atoms with van der Waals surface area (Å²) in [6.45, 7) is 1.81. The summed E-state index contributed by atoms with van der Waals surface area (Å²) in [4.78, 5) is 21.5. The average molecular weight is 553 g/mol. The zero-order chi connectivity index (χ0) is 27.5. The molecule has 2 N–H and O–H groups in total. The molecule has 11 nitrogen and oxygen atoms in total. The van der Waals surface area contributed by atoms with Crippen LogP contribution in [-0.2, 0) is 11.8 Å². The van der Waals surface area contributed by atoms with E-state index in [4.69, 9.17) is 9.47 Å². The maximum absolute atomic E-state index is 13.0. The number of para-hydroxylation sites is 1. The number of halogens is 1. The third-order valence-corrected chi connectivity index (χ3v) is 6.64. The van der Waals surface area contributed by atoms with Crippen LogP contribution in [-0.4, -0.2) is 54.6 Å². The topological polar surface area (TPSA) is 121 Å². The maximum Gasteiger partial charge on any atom is 0.211 e. The van der Waals surface area contributed by atoms with E-state index in [0.717, 1.165) is 0 Å². The van der Waals surface area contributed by atoms with Crippen molar-refractivity contribution in [1.82, 2.24) is 29.5 Å². The summed E-state index contributed by atoms with van der Waals surface area (Å²) in [7, 11) is 5.38. The van der Waals surface area contributed by atoms with Crippen LogP contribution in [0.2, 0.25) is 0 Å². The smallest absolute Gasteiger partial charge is 0.211 e. The van der Waals surface area contributed by atoms with Gasteiger partial charge < -0.3 is 20.1 Å². The molecular formula is C26H30FN8O3P. The van der Waals surface area contributed by atoms with Crippen molar-refractivity contribution in [2.24, 2.45) is 7.05 Å². The molecule has 1 aromatic carbocycles. The van der Waals surface area contributed by atoms with Gasteiger partial charge in [-0.25, -0.2) is 14.4 Å². The predicted octanol–water partition coefficient (Wildman–Crippen LogP) is 5.01. The van der Waals surface area contributed by atoms with Crippen LogP contribution < -0.4 is 15.4 Å². The van der Waals surface area contributed by atoms with Gasteiger partial charge in [-0.2, -0.15) is 10.2 Å². The van der Waals surface area contributed by atoms with Crippen molar-refractivity contribution < 1.29 is 18.7 Å². The Labute approximate surface area is 227 Å². The van der Waals surface area contributed by atoms with Crippen LogP contribution >= 0.6 is 9.24 Å². The standard InChI is InChI=1S/C26H30FN8O3P/c1-4-21(36)18-13-28-23(31-22-8-9-35(32-22)15-10-16(11-15)38-26(27)39)12-20(18)30-19-7-5-6-17(24(19)37-3)25-29-14-34(2)33-25/h5-9,12-16,26H,4,10-11,39H2,1-3H3,(H2,28,30,31,32). The van der Waals surface area contributed by atoms with Gasteiger partial charge in [-0.05, 0) is 25.0 Å². The number of nitrogens with one attached hydrogen (secondary N) is 2. The molecule has 3 aromatic heterocycles. The molecule has 0 amide bonds. The van der Waals surface area contributed by atoms with Crippen LogP contribution in [0.4, 0.5) is 27.4 Å². The Morgan fingerprint density at radius 1 is 1.18 bits per heavy atom. The van der Waals surface area contributed by atoms with E-state index in [-0.39, 0.29) is 17.9 Å². The number of ether oxygens (including phenoxy) is 2. The number of hydrogen-bond donors (Lipinski definition) is 2. The van der Waals surface area contributed by atoms with Crippen molar-refractivity contribution in [2.45, 2.75) is 44.4 Å². The molecule has 0 spiro atoms. The molecule has 3 heterocycles. The lowest BCUT2D eigenvalue weighted by atomic mass is 9.89. The van der Waals surface area contributed by atoms with Gasteiger partial charge in [0, 0.05) is 38.0 Å². The van der Waals surface area contributed by atoms with Gasteiger partial charge in [0.15, 0.2) is 23.2 Å². The van der Waals surface area contributed by atoms with E-state index in [0.29, 0.717) is 65.0 Å². The third-order valence-electron chi connectivity index (χ3n) is 6.49. The van der Waals surface area contributed by atoms with Crippen LogP contribution in [0.25, 0.3) is 11.4 Å². The van der Waals surface area contributed by atoms with Crippen LogP contribution in [0.3, 0.4) is 0 Å². The quantitative estimate of drug-likeness (QED) is 0.195. The number of carbonyl (C=O) groups is 1. The SMILES string of the molecule is CCC(=O)c1cnc(Nc2ccn(C3CC(OC(F)P)C3)n2)cc1Nc1cccc(-c2ncn(C)n2)c1OC. The van der Waals surface area contributed by atoms with Gasteiger partial charge in [-0.15, -0.1) is 0 Å². The molecule has 5 rings (SSSR count). The molecule has 1 aliphatic carbocycles. The third kappa shape index (κ3) is 5.91. The van der Waals surface area contributed by atoms with E-state index in [1.807, 2.05) is 51.3 Å². The minimum absolute atomic E-state index is 0.0508. The monoisotopic (exact) mass is 552 g/mol. The number of pyridine rings is 1. The Bertz CT molecular complexity index is 1470. The molecule has 0 bridgehead atoms. The van der Waals surface area contributed by atoms with Gasteiger partial charge in [0.2, 0.25) is 6.10 Å². The first-order valence-electron chi connectivity index (χ1n) is 12.5. The van der Waals surface area contributed by atoms with Gasteiger partial charge in [0.05, 0.1) is 41.8 Å². The highest BCUT2D eigenvalue weighted by molar-refractivity contribution is 7.16. The van der Waals surface area contributed by atoms with Crippen molar-refractivity contribution in [2.75, 3.05) is 17.7 Å². The summed E-state index contributed by atoms with van der Waals surface area (Å²) in [6, 6.07) is 9.36. The number of anilines is 4. The van der Waals surface area contributed by atoms with Crippen molar-refractivity contribution in [3.8, 4) is 17.1 Å². The molecule has 13 heteroatoms. The van der Waals surface area contributed by atoms with Crippen molar-refractivity contribution in [1.29, 1.82) is 0 Å². The predicted molar refractivity (Wildman–Crippen MR) is 148 cm³/mol. The summed E-state index contributed by atoms with van der Waals surface area (Å²) < 4.78 is 27.4. The molecule has 2 atom stereocenters. The molecule has 4 aromatic rings. The summed E-state index contributed by atoms with van der Waals surface area (Å²) in [5.74, 6) is 2.13. The normalized spacial score (nSPS) is 17.4. The second kappa shape index (κ2) is 11.5. The zero-order valence-corrected chi connectivity index (χ0v) is 23.0. The summed E-state index contributed by atoms with van der Waals surface area (Å²) >= 11 is 0. The first kappa shape index (κ1) is 26.7. The molecule has 0 aliphatic heterocycles. The number of Topliss-reactive ketones (excluding diaryl/α,β-unsaturated/α-hetero) is 1. The number of aryl methyl sites for hydroxylation is 1. The van der Waals surface area contributed by atoms with E-state index in [9.17, 15) is 9.18 Å². The summed E-state index contributed by atoms with van der Waals surface area (Å²) in [5.41, 5.74) is 2.39. The highest BCUT2D eigenvalue weighted by atomic mass is 31.0. The number of ketones is 1. The van der Waals surface area contributed by atoms with Gasteiger partial charge in [0.1, 0.15) is 12.1 Å². The second-order valence-electron chi connectivity index (χ2n) is 9.19. The van der Waals surface area contributed by atoms with Crippen LogP contribution in [0.15, 0.2) is 49.1 Å². The van der Waals surface area contributed by atoms with Gasteiger partial charge in [-0.3, -0.25) is 14.2 Å². The highest BCUT2D eigenvalue weighted by Crippen LogP contribution is 2.38. The fourth-order valence-corrected chi connectivity index (χ4v) is 4.69. The Morgan fingerprint density at radius 2 is 2.00 bits per heavy atom. The molecule has 1 fully saturated rings. The minimum Gasteiger partial charge on any atom is -0.494 e. The van der Waals surface area contributed by atoms with E-state index >= 15 is 0 Å².